The van der Waals surface area contributed by atoms with Crippen LogP contribution in [0.1, 0.15) is 25.7 Å². The van der Waals surface area contributed by atoms with Crippen LogP contribution in [-0.2, 0) is 4.79 Å². The van der Waals surface area contributed by atoms with Crippen molar-refractivity contribution in [2.75, 3.05) is 5.32 Å². The van der Waals surface area contributed by atoms with Gasteiger partial charge in [0.1, 0.15) is 5.69 Å². The van der Waals surface area contributed by atoms with Crippen LogP contribution in [0.25, 0.3) is 0 Å². The standard InChI is InChI=1S/C13H15IN2O4/c14-8-5-6-11(12(7-8)16(19)20)15-10-4-2-1-3-9(10)13(17)18/h5-7,9-10,15H,1-4H2,(H,17,18). The van der Waals surface area contributed by atoms with Gasteiger partial charge in [0.05, 0.1) is 10.8 Å². The molecule has 1 aromatic rings. The average Bonchev–Trinajstić information content (AvgIpc) is 2.41. The molecule has 1 aromatic carbocycles. The number of carboxylic acids is 1. The van der Waals surface area contributed by atoms with Crippen molar-refractivity contribution in [1.29, 1.82) is 0 Å². The molecule has 2 N–H and O–H groups in total. The Bertz CT molecular complexity index is 535. The molecule has 1 aliphatic carbocycles. The third kappa shape index (κ3) is 3.38. The number of nitrogens with zero attached hydrogens (tertiary/aromatic N) is 1. The largest absolute Gasteiger partial charge is 0.481 e. The van der Waals surface area contributed by atoms with Gasteiger partial charge in [-0.25, -0.2) is 0 Å². The molecular formula is C13H15IN2O4. The molecule has 20 heavy (non-hydrogen) atoms. The zero-order valence-corrected chi connectivity index (χ0v) is 12.9. The molecule has 2 unspecified atom stereocenters. The second-order valence-electron chi connectivity index (χ2n) is 4.90. The SMILES string of the molecule is O=C(O)C1CCCCC1Nc1ccc(I)cc1[N+](=O)[O-]. The van der Waals surface area contributed by atoms with E-state index in [0.29, 0.717) is 12.1 Å². The highest BCUT2D eigenvalue weighted by Crippen LogP contribution is 2.32. The third-order valence-electron chi connectivity index (χ3n) is 3.58. The zero-order chi connectivity index (χ0) is 14.7. The summed E-state index contributed by atoms with van der Waals surface area (Å²) >= 11 is 2.01. The van der Waals surface area contributed by atoms with Gasteiger partial charge in [0, 0.05) is 15.7 Å². The van der Waals surface area contributed by atoms with Crippen LogP contribution in [0.5, 0.6) is 0 Å². The van der Waals surface area contributed by atoms with Crippen molar-refractivity contribution in [3.8, 4) is 0 Å². The highest BCUT2D eigenvalue weighted by molar-refractivity contribution is 14.1. The number of halogens is 1. The summed E-state index contributed by atoms with van der Waals surface area (Å²) in [7, 11) is 0. The second kappa shape index (κ2) is 6.38. The number of hydrogen-bond acceptors (Lipinski definition) is 4. The molecule has 0 amide bonds. The number of carboxylic acid groups (broad SMARTS) is 1. The number of rotatable bonds is 4. The molecule has 0 radical (unpaired) electrons. The van der Waals surface area contributed by atoms with Crippen LogP contribution in [-0.4, -0.2) is 22.0 Å². The van der Waals surface area contributed by atoms with Crippen LogP contribution in [0, 0.1) is 19.6 Å². The first-order chi connectivity index (χ1) is 9.49. The molecule has 1 fully saturated rings. The predicted octanol–water partition coefficient (Wildman–Crippen LogP) is 3.25. The van der Waals surface area contributed by atoms with E-state index in [4.69, 9.17) is 0 Å². The summed E-state index contributed by atoms with van der Waals surface area (Å²) in [5.41, 5.74) is 0.389. The van der Waals surface area contributed by atoms with E-state index in [1.165, 1.54) is 6.07 Å². The quantitative estimate of drug-likeness (QED) is 0.468. The monoisotopic (exact) mass is 390 g/mol. The summed E-state index contributed by atoms with van der Waals surface area (Å²) in [5.74, 6) is -1.32. The molecule has 0 bridgehead atoms. The van der Waals surface area contributed by atoms with Gasteiger partial charge in [-0.05, 0) is 47.6 Å². The predicted molar refractivity (Wildman–Crippen MR) is 82.8 cm³/mol. The number of nitro benzene ring substituents is 1. The third-order valence-corrected chi connectivity index (χ3v) is 4.25. The first-order valence-electron chi connectivity index (χ1n) is 6.42. The topological polar surface area (TPSA) is 92.5 Å². The van der Waals surface area contributed by atoms with E-state index in [2.05, 4.69) is 5.32 Å². The van der Waals surface area contributed by atoms with Crippen molar-refractivity contribution >= 4 is 39.9 Å². The molecule has 0 saturated heterocycles. The van der Waals surface area contributed by atoms with E-state index in [9.17, 15) is 20.0 Å². The molecule has 108 valence electrons. The fraction of sp³-hybridized carbons (Fsp3) is 0.462. The zero-order valence-electron chi connectivity index (χ0n) is 10.7. The van der Waals surface area contributed by atoms with Crippen molar-refractivity contribution in [2.24, 2.45) is 5.92 Å². The van der Waals surface area contributed by atoms with Gasteiger partial charge in [-0.1, -0.05) is 12.8 Å². The highest BCUT2D eigenvalue weighted by Gasteiger charge is 2.32. The lowest BCUT2D eigenvalue weighted by atomic mass is 9.84. The lowest BCUT2D eigenvalue weighted by Gasteiger charge is -2.29. The number of anilines is 1. The first kappa shape index (κ1) is 15.0. The lowest BCUT2D eigenvalue weighted by Crippen LogP contribution is -2.37. The van der Waals surface area contributed by atoms with Gasteiger partial charge in [-0.3, -0.25) is 14.9 Å². The maximum absolute atomic E-state index is 11.3. The van der Waals surface area contributed by atoms with Crippen molar-refractivity contribution in [3.63, 3.8) is 0 Å². The van der Waals surface area contributed by atoms with Crippen molar-refractivity contribution in [3.05, 3.63) is 31.9 Å². The first-order valence-corrected chi connectivity index (χ1v) is 7.50. The summed E-state index contributed by atoms with van der Waals surface area (Å²) in [6.07, 6.45) is 3.18. The molecule has 0 spiro atoms. The van der Waals surface area contributed by atoms with Crippen molar-refractivity contribution in [1.82, 2.24) is 0 Å². The van der Waals surface area contributed by atoms with Crippen LogP contribution in [0.2, 0.25) is 0 Å². The van der Waals surface area contributed by atoms with E-state index < -0.39 is 16.8 Å². The van der Waals surface area contributed by atoms with Gasteiger partial charge < -0.3 is 10.4 Å². The number of hydrogen-bond donors (Lipinski definition) is 2. The fourth-order valence-electron chi connectivity index (χ4n) is 2.58. The molecule has 0 heterocycles. The van der Waals surface area contributed by atoms with Crippen LogP contribution in [0.3, 0.4) is 0 Å². The summed E-state index contributed by atoms with van der Waals surface area (Å²) in [4.78, 5) is 21.9. The number of aliphatic carboxylic acids is 1. The minimum atomic E-state index is -0.838. The summed E-state index contributed by atoms with van der Waals surface area (Å²) < 4.78 is 0.776. The van der Waals surface area contributed by atoms with E-state index in [1.54, 1.807) is 12.1 Å². The maximum atomic E-state index is 11.3. The Morgan fingerprint density at radius 1 is 1.40 bits per heavy atom. The fourth-order valence-corrected chi connectivity index (χ4v) is 3.05. The molecule has 0 aromatic heterocycles. The second-order valence-corrected chi connectivity index (χ2v) is 6.14. The smallest absolute Gasteiger partial charge is 0.308 e. The number of nitrogens with one attached hydrogen (secondary N) is 1. The molecule has 7 heteroatoms. The van der Waals surface area contributed by atoms with Gasteiger partial charge in [0.15, 0.2) is 0 Å². The molecule has 2 rings (SSSR count). The Kier molecular flexibility index (Phi) is 4.79. The molecule has 1 aliphatic rings. The lowest BCUT2D eigenvalue weighted by molar-refractivity contribution is -0.384. The minimum Gasteiger partial charge on any atom is -0.481 e. The van der Waals surface area contributed by atoms with Gasteiger partial charge in [0.25, 0.3) is 5.69 Å². The van der Waals surface area contributed by atoms with Crippen LogP contribution < -0.4 is 5.32 Å². The Morgan fingerprint density at radius 3 is 2.75 bits per heavy atom. The molecular weight excluding hydrogens is 375 g/mol. The van der Waals surface area contributed by atoms with E-state index in [-0.39, 0.29) is 11.7 Å². The van der Waals surface area contributed by atoms with Gasteiger partial charge in [0.2, 0.25) is 0 Å². The van der Waals surface area contributed by atoms with Crippen LogP contribution in [0.4, 0.5) is 11.4 Å². The highest BCUT2D eigenvalue weighted by atomic mass is 127. The summed E-state index contributed by atoms with van der Waals surface area (Å²) in [6, 6.07) is 4.66. The van der Waals surface area contributed by atoms with Gasteiger partial charge in [-0.15, -0.1) is 0 Å². The Hall–Kier alpha value is -1.38. The summed E-state index contributed by atoms with van der Waals surface area (Å²) in [5, 5.41) is 23.4. The Balaban J connectivity index is 2.24. The Morgan fingerprint density at radius 2 is 2.10 bits per heavy atom. The molecule has 1 saturated carbocycles. The Labute approximate surface area is 129 Å². The van der Waals surface area contributed by atoms with E-state index in [0.717, 1.165) is 22.8 Å². The number of benzene rings is 1. The van der Waals surface area contributed by atoms with Crippen molar-refractivity contribution < 1.29 is 14.8 Å². The summed E-state index contributed by atoms with van der Waals surface area (Å²) in [6.45, 7) is 0. The normalized spacial score (nSPS) is 22.2. The number of nitro groups is 1. The molecule has 0 aliphatic heterocycles. The molecule has 2 atom stereocenters. The number of carbonyl (C=O) groups is 1. The van der Waals surface area contributed by atoms with Gasteiger partial charge in [-0.2, -0.15) is 0 Å². The molecule has 6 nitrogen and oxygen atoms in total. The van der Waals surface area contributed by atoms with Crippen molar-refractivity contribution in [2.45, 2.75) is 31.7 Å². The average molecular weight is 390 g/mol. The van der Waals surface area contributed by atoms with E-state index in [1.807, 2.05) is 22.6 Å². The van der Waals surface area contributed by atoms with Crippen LogP contribution >= 0.6 is 22.6 Å². The van der Waals surface area contributed by atoms with Crippen LogP contribution in [0.15, 0.2) is 18.2 Å². The van der Waals surface area contributed by atoms with Gasteiger partial charge >= 0.3 is 5.97 Å². The maximum Gasteiger partial charge on any atom is 0.308 e. The van der Waals surface area contributed by atoms with E-state index >= 15 is 0 Å². The minimum absolute atomic E-state index is 0.00777.